The summed E-state index contributed by atoms with van der Waals surface area (Å²) >= 11 is 0. The average molecular weight is 335 g/mol. The van der Waals surface area contributed by atoms with E-state index < -0.39 is 5.60 Å². The summed E-state index contributed by atoms with van der Waals surface area (Å²) in [5, 5.41) is 21.3. The quantitative estimate of drug-likeness (QED) is 0.718. The Kier molecular flexibility index (Phi) is 7.08. The summed E-state index contributed by atoms with van der Waals surface area (Å²) in [7, 11) is 4.12. The van der Waals surface area contributed by atoms with Crippen LogP contribution < -0.4 is 0 Å². The third-order valence-corrected chi connectivity index (χ3v) is 5.22. The van der Waals surface area contributed by atoms with Crippen molar-refractivity contribution in [2.45, 2.75) is 44.6 Å². The molecule has 0 saturated carbocycles. The highest BCUT2D eigenvalue weighted by Gasteiger charge is 2.42. The fourth-order valence-electron chi connectivity index (χ4n) is 3.86. The molecule has 1 aromatic carbocycles. The van der Waals surface area contributed by atoms with Crippen LogP contribution in [0, 0.1) is 5.92 Å². The molecule has 0 spiro atoms. The van der Waals surface area contributed by atoms with Crippen LogP contribution in [0.1, 0.15) is 44.6 Å². The second-order valence-electron chi connectivity index (χ2n) is 7.55. The third-order valence-electron chi connectivity index (χ3n) is 5.22. The molecule has 0 aromatic heterocycles. The van der Waals surface area contributed by atoms with Gasteiger partial charge in [0.2, 0.25) is 0 Å². The standard InChI is InChI=1S/C20H34N2O2/c1-4-5-6-7-12-22-13-11-20(24,18(16-22)15-21(2)3)17-9-8-10-19(23)14-17/h8-10,14,18,23-24H,4-7,11-13,15-16H2,1-3H3. The molecule has 1 saturated heterocycles. The fourth-order valence-corrected chi connectivity index (χ4v) is 3.86. The van der Waals surface area contributed by atoms with E-state index in [9.17, 15) is 10.2 Å². The highest BCUT2D eigenvalue weighted by atomic mass is 16.3. The number of phenolic OH excluding ortho intramolecular Hbond substituents is 1. The number of aromatic hydroxyl groups is 1. The van der Waals surface area contributed by atoms with Crippen LogP contribution in [0.15, 0.2) is 24.3 Å². The van der Waals surface area contributed by atoms with Crippen molar-refractivity contribution >= 4 is 0 Å². The Hall–Kier alpha value is -1.10. The molecular weight excluding hydrogens is 300 g/mol. The van der Waals surface area contributed by atoms with Gasteiger partial charge in [0.1, 0.15) is 5.75 Å². The first-order chi connectivity index (χ1) is 11.5. The maximum absolute atomic E-state index is 11.4. The van der Waals surface area contributed by atoms with Gasteiger partial charge in [-0.2, -0.15) is 0 Å². The lowest BCUT2D eigenvalue weighted by molar-refractivity contribution is -0.0847. The van der Waals surface area contributed by atoms with E-state index in [0.717, 1.165) is 38.2 Å². The lowest BCUT2D eigenvalue weighted by Crippen LogP contribution is -2.53. The number of aliphatic hydroxyl groups is 1. The van der Waals surface area contributed by atoms with Crippen LogP contribution in [0.25, 0.3) is 0 Å². The highest BCUT2D eigenvalue weighted by Crippen LogP contribution is 2.38. The van der Waals surface area contributed by atoms with E-state index in [1.807, 2.05) is 12.1 Å². The lowest BCUT2D eigenvalue weighted by Gasteiger charge is -2.46. The summed E-state index contributed by atoms with van der Waals surface area (Å²) in [6, 6.07) is 7.15. The number of phenols is 1. The maximum Gasteiger partial charge on any atom is 0.115 e. The summed E-state index contributed by atoms with van der Waals surface area (Å²) in [6.45, 7) is 6.04. The summed E-state index contributed by atoms with van der Waals surface area (Å²) in [5.74, 6) is 0.376. The SMILES string of the molecule is CCCCCCN1CCC(O)(c2cccc(O)c2)C(CN(C)C)C1. The van der Waals surface area contributed by atoms with Crippen LogP contribution in [0.4, 0.5) is 0 Å². The van der Waals surface area contributed by atoms with Gasteiger partial charge in [-0.15, -0.1) is 0 Å². The van der Waals surface area contributed by atoms with Gasteiger partial charge in [-0.1, -0.05) is 38.3 Å². The van der Waals surface area contributed by atoms with Crippen molar-refractivity contribution in [3.63, 3.8) is 0 Å². The minimum atomic E-state index is -0.858. The van der Waals surface area contributed by atoms with E-state index >= 15 is 0 Å². The zero-order valence-corrected chi connectivity index (χ0v) is 15.5. The normalized spacial score (nSPS) is 25.3. The number of nitrogens with zero attached hydrogens (tertiary/aromatic N) is 2. The Morgan fingerprint density at radius 2 is 2.04 bits per heavy atom. The molecule has 136 valence electrons. The number of likely N-dealkylation sites (tertiary alicyclic amines) is 1. The van der Waals surface area contributed by atoms with E-state index in [2.05, 4.69) is 30.8 Å². The Bertz CT molecular complexity index is 506. The fraction of sp³-hybridized carbons (Fsp3) is 0.700. The van der Waals surface area contributed by atoms with Crippen molar-refractivity contribution in [3.05, 3.63) is 29.8 Å². The van der Waals surface area contributed by atoms with Crippen molar-refractivity contribution in [2.75, 3.05) is 40.3 Å². The molecule has 1 aliphatic heterocycles. The van der Waals surface area contributed by atoms with Crippen molar-refractivity contribution < 1.29 is 10.2 Å². The minimum absolute atomic E-state index is 0.147. The van der Waals surface area contributed by atoms with Crippen LogP contribution in [0.3, 0.4) is 0 Å². The van der Waals surface area contributed by atoms with Gasteiger partial charge in [-0.25, -0.2) is 0 Å². The van der Waals surface area contributed by atoms with Gasteiger partial charge >= 0.3 is 0 Å². The van der Waals surface area contributed by atoms with Crippen LogP contribution in [0.2, 0.25) is 0 Å². The molecule has 0 bridgehead atoms. The molecule has 4 heteroatoms. The van der Waals surface area contributed by atoms with E-state index in [1.54, 1.807) is 12.1 Å². The van der Waals surface area contributed by atoms with E-state index in [-0.39, 0.29) is 11.7 Å². The van der Waals surface area contributed by atoms with Gasteiger partial charge in [0.15, 0.2) is 0 Å². The molecule has 2 rings (SSSR count). The zero-order chi connectivity index (χ0) is 17.6. The highest BCUT2D eigenvalue weighted by molar-refractivity contribution is 5.32. The summed E-state index contributed by atoms with van der Waals surface area (Å²) < 4.78 is 0. The van der Waals surface area contributed by atoms with Crippen LogP contribution in [0.5, 0.6) is 5.75 Å². The first-order valence-electron chi connectivity index (χ1n) is 9.34. The summed E-state index contributed by atoms with van der Waals surface area (Å²) in [4.78, 5) is 4.65. The first kappa shape index (κ1) is 19.2. The molecule has 2 N–H and O–H groups in total. The van der Waals surface area contributed by atoms with Crippen molar-refractivity contribution in [1.82, 2.24) is 9.80 Å². The van der Waals surface area contributed by atoms with E-state index in [0.29, 0.717) is 0 Å². The Labute approximate surface area is 147 Å². The number of unbranched alkanes of at least 4 members (excludes halogenated alkanes) is 3. The molecular formula is C20H34N2O2. The average Bonchev–Trinajstić information content (AvgIpc) is 2.54. The molecule has 1 aliphatic rings. The lowest BCUT2D eigenvalue weighted by atomic mass is 9.75. The first-order valence-corrected chi connectivity index (χ1v) is 9.34. The molecule has 1 aromatic rings. The number of piperidine rings is 1. The van der Waals surface area contributed by atoms with Crippen molar-refractivity contribution in [2.24, 2.45) is 5.92 Å². The van der Waals surface area contributed by atoms with Crippen LogP contribution in [-0.2, 0) is 5.60 Å². The predicted octanol–water partition coefficient (Wildman–Crippen LogP) is 3.04. The third kappa shape index (κ3) is 4.95. The second kappa shape index (κ2) is 8.84. The van der Waals surface area contributed by atoms with Gasteiger partial charge in [0.25, 0.3) is 0 Å². The number of hydrogen-bond donors (Lipinski definition) is 2. The monoisotopic (exact) mass is 334 g/mol. The smallest absolute Gasteiger partial charge is 0.115 e. The largest absolute Gasteiger partial charge is 0.508 e. The van der Waals surface area contributed by atoms with Crippen molar-refractivity contribution in [1.29, 1.82) is 0 Å². The molecule has 24 heavy (non-hydrogen) atoms. The Morgan fingerprint density at radius 3 is 2.71 bits per heavy atom. The molecule has 4 nitrogen and oxygen atoms in total. The molecule has 1 heterocycles. The van der Waals surface area contributed by atoms with Gasteiger partial charge in [0, 0.05) is 25.6 Å². The summed E-state index contributed by atoms with van der Waals surface area (Å²) in [5.41, 5.74) is -0.0110. The topological polar surface area (TPSA) is 46.9 Å². The molecule has 1 fully saturated rings. The zero-order valence-electron chi connectivity index (χ0n) is 15.5. The maximum atomic E-state index is 11.4. The van der Waals surface area contributed by atoms with E-state index in [4.69, 9.17) is 0 Å². The number of hydrogen-bond acceptors (Lipinski definition) is 4. The predicted molar refractivity (Wildman–Crippen MR) is 99.2 cm³/mol. The van der Waals surface area contributed by atoms with Gasteiger partial charge in [-0.3, -0.25) is 0 Å². The Morgan fingerprint density at radius 1 is 1.25 bits per heavy atom. The number of benzene rings is 1. The second-order valence-corrected chi connectivity index (χ2v) is 7.55. The molecule has 0 aliphatic carbocycles. The van der Waals surface area contributed by atoms with E-state index in [1.165, 1.54) is 25.7 Å². The summed E-state index contributed by atoms with van der Waals surface area (Å²) in [6.07, 6.45) is 5.83. The van der Waals surface area contributed by atoms with Crippen LogP contribution >= 0.6 is 0 Å². The van der Waals surface area contributed by atoms with Gasteiger partial charge < -0.3 is 20.0 Å². The minimum Gasteiger partial charge on any atom is -0.508 e. The molecule has 0 radical (unpaired) electrons. The molecule has 0 amide bonds. The van der Waals surface area contributed by atoms with Crippen molar-refractivity contribution in [3.8, 4) is 5.75 Å². The number of rotatable bonds is 8. The molecule has 2 atom stereocenters. The van der Waals surface area contributed by atoms with Crippen LogP contribution in [-0.4, -0.2) is 60.3 Å². The van der Waals surface area contributed by atoms with Gasteiger partial charge in [0.05, 0.1) is 5.60 Å². The Balaban J connectivity index is 2.08. The van der Waals surface area contributed by atoms with Gasteiger partial charge in [-0.05, 0) is 51.2 Å². The molecule has 2 unspecified atom stereocenters.